The zero-order valence-electron chi connectivity index (χ0n) is 41.8. The smallest absolute Gasteiger partial charge is 0.331 e. The number of fused-ring (bicyclic) bond motifs is 5. The van der Waals surface area contributed by atoms with Crippen LogP contribution in [0.3, 0.4) is 0 Å². The van der Waals surface area contributed by atoms with Gasteiger partial charge in [-0.25, -0.2) is 4.79 Å². The molecular formula is C49H80N2O14. The Hall–Kier alpha value is -2.98. The number of rotatable bonds is 11. The molecule has 16 nitrogen and oxygen atoms in total. The van der Waals surface area contributed by atoms with E-state index in [-0.39, 0.29) is 50.5 Å². The average Bonchev–Trinajstić information content (AvgIpc) is 3.24. The summed E-state index contributed by atoms with van der Waals surface area (Å²) in [7, 11) is 3.60. The van der Waals surface area contributed by atoms with Crippen molar-refractivity contribution < 1.29 is 67.0 Å². The summed E-state index contributed by atoms with van der Waals surface area (Å²) in [4.78, 5) is 47.0. The average molecular weight is 921 g/mol. The molecule has 0 radical (unpaired) electrons. The van der Waals surface area contributed by atoms with Crippen molar-refractivity contribution in [2.24, 2.45) is 34.7 Å². The van der Waals surface area contributed by atoms with E-state index in [0.717, 1.165) is 6.42 Å². The van der Waals surface area contributed by atoms with Crippen LogP contribution in [0.15, 0.2) is 17.3 Å². The molecule has 370 valence electrons. The topological polar surface area (TPSA) is 179 Å². The van der Waals surface area contributed by atoms with Crippen LogP contribution in [0, 0.1) is 41.9 Å². The molecule has 4 heterocycles. The Morgan fingerprint density at radius 3 is 2.25 bits per heavy atom. The van der Waals surface area contributed by atoms with Crippen molar-refractivity contribution >= 4 is 23.6 Å². The van der Waals surface area contributed by atoms with E-state index < -0.39 is 108 Å². The first-order chi connectivity index (χ1) is 30.3. The first-order valence-corrected chi connectivity index (χ1v) is 23.4. The van der Waals surface area contributed by atoms with Gasteiger partial charge in [-0.2, -0.15) is 0 Å². The molecule has 0 aliphatic carbocycles. The van der Waals surface area contributed by atoms with Gasteiger partial charge in [-0.3, -0.25) is 9.59 Å². The molecule has 0 spiro atoms. The molecule has 0 amide bonds. The summed E-state index contributed by atoms with van der Waals surface area (Å²) >= 11 is 0. The molecule has 18 atom stereocenters. The van der Waals surface area contributed by atoms with Crippen molar-refractivity contribution in [2.75, 3.05) is 33.9 Å². The van der Waals surface area contributed by atoms with E-state index in [1.165, 1.54) is 13.8 Å². The monoisotopic (exact) mass is 921 g/mol. The normalized spacial score (nSPS) is 43.1. The number of carbonyl (C=O) groups excluding carboxylic acids is 3. The van der Waals surface area contributed by atoms with Crippen molar-refractivity contribution in [3.63, 3.8) is 0 Å². The van der Waals surface area contributed by atoms with Crippen LogP contribution in [-0.4, -0.2) is 146 Å². The third kappa shape index (κ3) is 13.0. The van der Waals surface area contributed by atoms with Crippen LogP contribution >= 0.6 is 0 Å². The number of terminal acetylenes is 1. The predicted octanol–water partition coefficient (Wildman–Crippen LogP) is 5.99. The van der Waals surface area contributed by atoms with Gasteiger partial charge in [-0.05, 0) is 73.4 Å². The van der Waals surface area contributed by atoms with Gasteiger partial charge >= 0.3 is 17.9 Å². The fraction of sp³-hybridized carbons (Fsp3) is 0.837. The Morgan fingerprint density at radius 1 is 0.969 bits per heavy atom. The number of esters is 2. The fourth-order valence-corrected chi connectivity index (χ4v) is 10.7. The number of carbonyl (C=O) groups is 3. The number of oxime groups is 1. The van der Waals surface area contributed by atoms with Crippen LogP contribution in [0.5, 0.6) is 0 Å². The second kappa shape index (κ2) is 22.9. The summed E-state index contributed by atoms with van der Waals surface area (Å²) in [6.45, 7) is 28.2. The molecule has 65 heavy (non-hydrogen) atoms. The minimum absolute atomic E-state index is 0.0141. The Labute approximate surface area is 388 Å². The number of nitrogens with zero attached hydrogens (tertiary/aromatic N) is 2. The third-order valence-corrected chi connectivity index (χ3v) is 14.3. The quantitative estimate of drug-likeness (QED) is 0.0839. The maximum Gasteiger partial charge on any atom is 0.331 e. The zero-order chi connectivity index (χ0) is 48.8. The Balaban J connectivity index is 1.99. The highest BCUT2D eigenvalue weighted by molar-refractivity contribution is 5.89. The van der Waals surface area contributed by atoms with Gasteiger partial charge < -0.3 is 57.5 Å². The second-order valence-corrected chi connectivity index (χ2v) is 19.9. The number of cyclic esters (lactones) is 1. The van der Waals surface area contributed by atoms with Crippen LogP contribution in [0.4, 0.5) is 0 Å². The SMILES string of the molecule is C#CCCN(C)[C@H]1C[C@@H](C)OC(O[C@@H]2[C@@H](C)[C@H](OC3C[C@@](C)(OC)[C@@H](OC(C)=O)[C@H](C)O3)[C@@H](C)C(=O)O[C@H](CC)[C@@](C)(O)[C@@H]3OCC(=C)CO[C@]2(C)C[C@@H](C)/C(=N/OC(C)=O)[C@@H]3C)[C@@H]1C. The highest BCUT2D eigenvalue weighted by atomic mass is 16.7. The molecule has 0 aromatic carbocycles. The summed E-state index contributed by atoms with van der Waals surface area (Å²) in [6, 6.07) is 0.0528. The first-order valence-electron chi connectivity index (χ1n) is 23.4. The number of methoxy groups -OCH3 is 1. The zero-order valence-corrected chi connectivity index (χ0v) is 41.8. The van der Waals surface area contributed by atoms with Gasteiger partial charge in [0.1, 0.15) is 17.3 Å². The summed E-state index contributed by atoms with van der Waals surface area (Å²) in [5.74, 6) is -1.94. The molecule has 0 aromatic heterocycles. The maximum absolute atomic E-state index is 14.8. The number of hydrogen-bond acceptors (Lipinski definition) is 16. The van der Waals surface area contributed by atoms with Gasteiger partial charge in [0.05, 0.1) is 61.0 Å². The minimum Gasteiger partial charge on any atom is -0.459 e. The lowest BCUT2D eigenvalue weighted by Crippen LogP contribution is -2.61. The largest absolute Gasteiger partial charge is 0.459 e. The van der Waals surface area contributed by atoms with Gasteiger partial charge in [0.25, 0.3) is 0 Å². The second-order valence-electron chi connectivity index (χ2n) is 19.9. The van der Waals surface area contributed by atoms with Crippen molar-refractivity contribution in [2.45, 2.75) is 200 Å². The minimum atomic E-state index is -1.79. The maximum atomic E-state index is 14.8. The van der Waals surface area contributed by atoms with Crippen LogP contribution in [-0.2, 0) is 61.9 Å². The Kier molecular flexibility index (Phi) is 19.2. The molecule has 2 unspecified atom stereocenters. The predicted molar refractivity (Wildman–Crippen MR) is 242 cm³/mol. The molecule has 4 aliphatic rings. The van der Waals surface area contributed by atoms with Crippen LogP contribution in [0.1, 0.15) is 122 Å². The van der Waals surface area contributed by atoms with Crippen LogP contribution in [0.2, 0.25) is 0 Å². The molecule has 2 bridgehead atoms. The highest BCUT2D eigenvalue weighted by Crippen LogP contribution is 2.44. The van der Waals surface area contributed by atoms with Gasteiger partial charge in [0.2, 0.25) is 0 Å². The Morgan fingerprint density at radius 2 is 1.65 bits per heavy atom. The number of hydrogen-bond donors (Lipinski definition) is 1. The van der Waals surface area contributed by atoms with E-state index in [1.54, 1.807) is 27.9 Å². The van der Waals surface area contributed by atoms with E-state index in [4.69, 9.17) is 53.9 Å². The van der Waals surface area contributed by atoms with Crippen molar-refractivity contribution in [3.05, 3.63) is 12.2 Å². The number of aliphatic hydroxyl groups is 1. The standard InChI is InChI=1S/C49H80N2O14/c1-18-20-21-51(16)37-22-29(5)59-46(30(37)6)64-42-32(8)41(63-39-24-47(13,56-17)44(34(10)60-39)61-35(11)52)33(9)45(54)62-38(19-2)49(15,55)43-31(7)40(50-65-36(12)53)28(4)23-48(42,14)58-26-27(3)25-57-43/h1,28-34,37-39,41-44,46,55H,3,19-26H2,2,4-17H3/b50-40-/t28-,29-,30-,31+,32+,33-,34+,37+,38-,39?,41+,42-,43-,44+,46?,47-,48-,49-/m1/s1. The molecule has 4 fully saturated rings. The molecule has 0 aromatic rings. The highest BCUT2D eigenvalue weighted by Gasteiger charge is 2.55. The molecule has 4 aliphatic heterocycles. The van der Waals surface area contributed by atoms with E-state index in [1.807, 2.05) is 48.5 Å². The van der Waals surface area contributed by atoms with E-state index in [0.29, 0.717) is 24.3 Å². The lowest BCUT2D eigenvalue weighted by atomic mass is 9.73. The summed E-state index contributed by atoms with van der Waals surface area (Å²) in [5, 5.41) is 17.0. The first kappa shape index (κ1) is 54.6. The van der Waals surface area contributed by atoms with Crippen molar-refractivity contribution in [3.8, 4) is 12.3 Å². The van der Waals surface area contributed by atoms with Crippen LogP contribution in [0.25, 0.3) is 0 Å². The van der Waals surface area contributed by atoms with Gasteiger partial charge in [-0.15, -0.1) is 12.3 Å². The summed E-state index contributed by atoms with van der Waals surface area (Å²) in [5.41, 5.74) is -3.03. The lowest BCUT2D eigenvalue weighted by Gasteiger charge is -2.51. The Bertz CT molecular complexity index is 1720. The summed E-state index contributed by atoms with van der Waals surface area (Å²) < 4.78 is 59.3. The molecule has 4 rings (SSSR count). The summed E-state index contributed by atoms with van der Waals surface area (Å²) in [6.07, 6.45) is 0.353. The van der Waals surface area contributed by atoms with Gasteiger partial charge in [0, 0.05) is 70.1 Å². The van der Waals surface area contributed by atoms with E-state index in [2.05, 4.69) is 36.5 Å². The van der Waals surface area contributed by atoms with E-state index in [9.17, 15) is 19.5 Å². The fourth-order valence-electron chi connectivity index (χ4n) is 10.7. The van der Waals surface area contributed by atoms with E-state index >= 15 is 0 Å². The molecule has 4 saturated heterocycles. The van der Waals surface area contributed by atoms with Gasteiger partial charge in [-0.1, -0.05) is 46.4 Å². The van der Waals surface area contributed by atoms with Crippen molar-refractivity contribution in [1.82, 2.24) is 4.90 Å². The molecule has 0 saturated carbocycles. The molecular weight excluding hydrogens is 841 g/mol. The number of ether oxygens (including phenoxy) is 9. The third-order valence-electron chi connectivity index (χ3n) is 14.3. The van der Waals surface area contributed by atoms with Crippen molar-refractivity contribution in [1.29, 1.82) is 0 Å². The molecule has 1 N–H and O–H groups in total. The van der Waals surface area contributed by atoms with Gasteiger partial charge in [0.15, 0.2) is 18.7 Å². The van der Waals surface area contributed by atoms with Crippen LogP contribution < -0.4 is 0 Å². The molecule has 16 heteroatoms. The lowest BCUT2D eigenvalue weighted by molar-refractivity contribution is -0.316.